The number of hydrogen-bond donors (Lipinski definition) is 0. The highest BCUT2D eigenvalue weighted by Gasteiger charge is 2.48. The maximum Gasteiger partial charge on any atom is 0.0714 e. The first kappa shape index (κ1) is 62.0. The van der Waals surface area contributed by atoms with Gasteiger partial charge in [0.2, 0.25) is 0 Å². The molecule has 0 N–H and O–H groups in total. The first-order valence-corrected chi connectivity index (χ1v) is 36.6. The lowest BCUT2D eigenvalue weighted by Crippen LogP contribution is -2.28. The molecule has 0 unspecified atom stereocenters. The maximum absolute atomic E-state index is 2.46. The summed E-state index contributed by atoms with van der Waals surface area (Å²) in [5.41, 5.74) is 28.1. The van der Waals surface area contributed by atoms with Crippen LogP contribution < -0.4 is 9.80 Å². The van der Waals surface area contributed by atoms with E-state index >= 15 is 0 Å². The number of anilines is 6. The molecule has 17 aromatic carbocycles. The number of rotatable bonds is 12. The second kappa shape index (κ2) is 25.6. The minimum Gasteiger partial charge on any atom is -0.310 e. The molecular weight excluding hydrogens is 1280 g/mol. The molecule has 0 radical (unpaired) electrons. The van der Waals surface area contributed by atoms with Crippen molar-refractivity contribution < 1.29 is 0 Å². The molecule has 498 valence electrons. The molecule has 2 aromatic heterocycles. The van der Waals surface area contributed by atoms with Crippen LogP contribution in [0.4, 0.5) is 34.1 Å². The number of nitrogens with zero attached hydrogens (tertiary/aromatic N) is 4. The van der Waals surface area contributed by atoms with Gasteiger partial charge in [0.05, 0.1) is 32.9 Å². The highest BCUT2D eigenvalue weighted by Crippen LogP contribution is 2.60. The van der Waals surface area contributed by atoms with E-state index in [9.17, 15) is 0 Å². The third-order valence-corrected chi connectivity index (χ3v) is 22.3. The molecule has 2 heterocycles. The van der Waals surface area contributed by atoms with Gasteiger partial charge in [0.15, 0.2) is 0 Å². The fraction of sp³-hybridized carbons (Fsp3) is 0.0196. The first-order chi connectivity index (χ1) is 52.6. The highest BCUT2D eigenvalue weighted by molar-refractivity contribution is 6.12. The van der Waals surface area contributed by atoms with Crippen molar-refractivity contribution >= 4 is 88.5 Å². The lowest BCUT2D eigenvalue weighted by Gasteiger charge is -2.35. The molecule has 21 rings (SSSR count). The molecule has 2 aliphatic carbocycles. The Hall–Kier alpha value is -13.8. The van der Waals surface area contributed by atoms with Gasteiger partial charge in [-0.1, -0.05) is 315 Å². The third kappa shape index (κ3) is 9.83. The van der Waals surface area contributed by atoms with E-state index in [1.54, 1.807) is 0 Å². The molecule has 19 aromatic rings. The summed E-state index contributed by atoms with van der Waals surface area (Å²) in [7, 11) is 0. The SMILES string of the molecule is c1ccc(-n2c3ccccc3c3ccc(N(c4ccc5c(c4)C(c4ccccc4)(c4ccccc4)c4ccccc4-5)c4ccc5ccccc5c4)cc32)cc1.c1ccc(N(c2ccc3c(c2)C(c2ccccc2)(c2ccccc2)c2ccccc2-3)c2ccc3c4ccccc4n(-c4ccccc4)c3c2)cc1. The summed E-state index contributed by atoms with van der Waals surface area (Å²) in [6.07, 6.45) is 0. The van der Waals surface area contributed by atoms with E-state index in [4.69, 9.17) is 0 Å². The lowest BCUT2D eigenvalue weighted by molar-refractivity contribution is 0.768. The number of para-hydroxylation sites is 5. The van der Waals surface area contributed by atoms with Crippen molar-refractivity contribution in [2.24, 2.45) is 0 Å². The first-order valence-electron chi connectivity index (χ1n) is 36.6. The summed E-state index contributed by atoms with van der Waals surface area (Å²) >= 11 is 0. The zero-order chi connectivity index (χ0) is 70.1. The number of fused-ring (bicyclic) bond motifs is 13. The zero-order valence-electron chi connectivity index (χ0n) is 58.2. The molecule has 0 amide bonds. The fourth-order valence-corrected chi connectivity index (χ4v) is 17.8. The molecule has 0 aliphatic heterocycles. The molecule has 4 nitrogen and oxygen atoms in total. The Balaban J connectivity index is 0.000000141. The van der Waals surface area contributed by atoms with E-state index in [0.717, 1.165) is 45.5 Å². The van der Waals surface area contributed by atoms with E-state index in [1.165, 1.54) is 121 Å². The molecule has 0 fully saturated rings. The van der Waals surface area contributed by atoms with Crippen LogP contribution in [0.2, 0.25) is 0 Å². The van der Waals surface area contributed by atoms with Gasteiger partial charge in [0.1, 0.15) is 0 Å². The van der Waals surface area contributed by atoms with Crippen molar-refractivity contribution in [3.63, 3.8) is 0 Å². The van der Waals surface area contributed by atoms with E-state index in [-0.39, 0.29) is 0 Å². The Kier molecular flexibility index (Phi) is 15.0. The summed E-state index contributed by atoms with van der Waals surface area (Å²) in [4.78, 5) is 4.86. The van der Waals surface area contributed by atoms with Crippen LogP contribution in [0.25, 0.3) is 88.0 Å². The molecule has 106 heavy (non-hydrogen) atoms. The molecule has 2 aliphatic rings. The molecular formula is C102H70N4. The Bertz CT molecular complexity index is 6430. The van der Waals surface area contributed by atoms with Crippen LogP contribution in [0.1, 0.15) is 44.5 Å². The average molecular weight is 1350 g/mol. The molecule has 0 spiro atoms. The minimum absolute atomic E-state index is 0.476. The van der Waals surface area contributed by atoms with Crippen LogP contribution in [0.5, 0.6) is 0 Å². The third-order valence-electron chi connectivity index (χ3n) is 22.3. The van der Waals surface area contributed by atoms with E-state index in [0.29, 0.717) is 0 Å². The summed E-state index contributed by atoms with van der Waals surface area (Å²) in [5, 5.41) is 7.40. The normalized spacial score (nSPS) is 12.9. The fourth-order valence-electron chi connectivity index (χ4n) is 17.8. The summed E-state index contributed by atoms with van der Waals surface area (Å²) in [5.74, 6) is 0. The van der Waals surface area contributed by atoms with Gasteiger partial charge in [-0.3, -0.25) is 0 Å². The van der Waals surface area contributed by atoms with Crippen molar-refractivity contribution in [3.05, 3.63) is 469 Å². The van der Waals surface area contributed by atoms with Crippen molar-refractivity contribution in [2.75, 3.05) is 9.80 Å². The van der Waals surface area contributed by atoms with Gasteiger partial charge in [0.25, 0.3) is 0 Å². The smallest absolute Gasteiger partial charge is 0.0714 e. The van der Waals surface area contributed by atoms with E-state index < -0.39 is 10.8 Å². The van der Waals surface area contributed by atoms with Crippen molar-refractivity contribution in [2.45, 2.75) is 10.8 Å². The molecule has 4 heteroatoms. The zero-order valence-corrected chi connectivity index (χ0v) is 58.2. The number of benzene rings is 17. The topological polar surface area (TPSA) is 16.3 Å². The predicted molar refractivity (Wildman–Crippen MR) is 443 cm³/mol. The van der Waals surface area contributed by atoms with Gasteiger partial charge in [0, 0.05) is 67.0 Å². The summed E-state index contributed by atoms with van der Waals surface area (Å²) < 4.78 is 4.80. The van der Waals surface area contributed by atoms with Crippen LogP contribution in [0.15, 0.2) is 425 Å². The monoisotopic (exact) mass is 1350 g/mol. The van der Waals surface area contributed by atoms with Gasteiger partial charge in [-0.05, 0) is 187 Å². The highest BCUT2D eigenvalue weighted by atomic mass is 15.2. The molecule has 0 atom stereocenters. The molecule has 0 saturated heterocycles. The average Bonchev–Trinajstić information content (AvgIpc) is 1.53. The Morgan fingerprint density at radius 2 is 0.481 bits per heavy atom. The van der Waals surface area contributed by atoms with E-state index in [2.05, 4.69) is 444 Å². The summed E-state index contributed by atoms with van der Waals surface area (Å²) in [6, 6.07) is 155. The minimum atomic E-state index is -0.497. The Morgan fingerprint density at radius 1 is 0.179 bits per heavy atom. The number of aromatic nitrogens is 2. The maximum atomic E-state index is 2.46. The molecule has 0 bridgehead atoms. The second-order valence-corrected chi connectivity index (χ2v) is 27.8. The second-order valence-electron chi connectivity index (χ2n) is 27.8. The Morgan fingerprint density at radius 3 is 0.925 bits per heavy atom. The van der Waals surface area contributed by atoms with Crippen LogP contribution in [-0.4, -0.2) is 9.13 Å². The van der Waals surface area contributed by atoms with Crippen molar-refractivity contribution in [1.29, 1.82) is 0 Å². The van der Waals surface area contributed by atoms with Crippen LogP contribution in [-0.2, 0) is 10.8 Å². The quantitative estimate of drug-likeness (QED) is 0.121. The Labute approximate surface area is 617 Å². The van der Waals surface area contributed by atoms with Crippen molar-refractivity contribution in [3.8, 4) is 33.6 Å². The van der Waals surface area contributed by atoms with E-state index in [1.807, 2.05) is 0 Å². The van der Waals surface area contributed by atoms with Gasteiger partial charge in [-0.25, -0.2) is 0 Å². The lowest BCUT2D eigenvalue weighted by atomic mass is 9.67. The predicted octanol–water partition coefficient (Wildman–Crippen LogP) is 26.4. The molecule has 0 saturated carbocycles. The number of hydrogen-bond acceptors (Lipinski definition) is 2. The van der Waals surface area contributed by atoms with Gasteiger partial charge in [-0.2, -0.15) is 0 Å². The van der Waals surface area contributed by atoms with Gasteiger partial charge >= 0.3 is 0 Å². The largest absolute Gasteiger partial charge is 0.310 e. The standard InChI is InChI=1S/C53H36N2.C49H34N2/c1-4-18-39(19-5-1)53(40-20-6-2-7-21-40)49-26-14-12-24-45(49)46-32-30-43(35-50(46)53)54(42-29-28-37-16-10-11-17-38(37)34-42)44-31-33-48-47-25-13-15-27-51(47)55(52(48)36-44)41-22-8-3-9-23-41;1-5-17-35(18-6-1)49(36-19-7-2-8-20-36)45-27-15-13-25-41(45)42-31-29-39(33-46(42)49)50(37-21-9-3-10-22-37)40-30-32-44-43-26-14-16-28-47(43)51(48(44)34-40)38-23-11-4-12-24-38/h1-36H;1-34H. The van der Waals surface area contributed by atoms with Crippen molar-refractivity contribution in [1.82, 2.24) is 9.13 Å². The van der Waals surface area contributed by atoms with Crippen LogP contribution >= 0.6 is 0 Å². The van der Waals surface area contributed by atoms with Crippen LogP contribution in [0, 0.1) is 0 Å². The van der Waals surface area contributed by atoms with Gasteiger partial charge < -0.3 is 18.9 Å². The van der Waals surface area contributed by atoms with Gasteiger partial charge in [-0.15, -0.1) is 0 Å². The summed E-state index contributed by atoms with van der Waals surface area (Å²) in [6.45, 7) is 0. The van der Waals surface area contributed by atoms with Crippen LogP contribution in [0.3, 0.4) is 0 Å².